The summed E-state index contributed by atoms with van der Waals surface area (Å²) in [6.45, 7) is 3.08. The van der Waals surface area contributed by atoms with Gasteiger partial charge in [0.2, 0.25) is 29.5 Å². The molecule has 0 bridgehead atoms. The van der Waals surface area contributed by atoms with Crippen molar-refractivity contribution in [1.29, 1.82) is 0 Å². The van der Waals surface area contributed by atoms with Crippen molar-refractivity contribution in [3.8, 4) is 0 Å². The minimum Gasteiger partial charge on any atom is -0.480 e. The summed E-state index contributed by atoms with van der Waals surface area (Å²) in [6, 6.07) is -2.17. The second-order valence-corrected chi connectivity index (χ2v) is 12.0. The van der Waals surface area contributed by atoms with Gasteiger partial charge in [0.25, 0.3) is 0 Å². The van der Waals surface area contributed by atoms with Gasteiger partial charge in [-0.3, -0.25) is 24.0 Å². The number of carbonyl (C=O) groups is 7. The van der Waals surface area contributed by atoms with E-state index in [0.29, 0.717) is 25.8 Å². The highest BCUT2D eigenvalue weighted by atomic mass is 16.5. The number of carboxylic acid groups (broad SMARTS) is 2. The van der Waals surface area contributed by atoms with Gasteiger partial charge in [0.05, 0.1) is 39.6 Å². The Balaban J connectivity index is 1.97. The van der Waals surface area contributed by atoms with E-state index in [4.69, 9.17) is 18.9 Å². The molecule has 2 atom stereocenters. The van der Waals surface area contributed by atoms with Gasteiger partial charge in [-0.15, -0.1) is 0 Å². The molecule has 0 aliphatic heterocycles. The van der Waals surface area contributed by atoms with E-state index in [1.807, 2.05) is 0 Å². The van der Waals surface area contributed by atoms with Gasteiger partial charge in [0, 0.05) is 38.4 Å². The molecule has 0 heterocycles. The first-order chi connectivity index (χ1) is 24.5. The number of carboxylic acids is 2. The lowest BCUT2D eigenvalue weighted by Crippen LogP contribution is -2.44. The van der Waals surface area contributed by atoms with Gasteiger partial charge in [-0.1, -0.05) is 26.2 Å². The lowest BCUT2D eigenvalue weighted by atomic mass is 9.88. The summed E-state index contributed by atoms with van der Waals surface area (Å²) in [5, 5.41) is 31.7. The highest BCUT2D eigenvalue weighted by Gasteiger charge is 2.27. The number of hydrogen-bond donors (Lipinski definition) is 7. The normalized spacial score (nSPS) is 14.1. The van der Waals surface area contributed by atoms with Crippen LogP contribution in [-0.4, -0.2) is 136 Å². The molecule has 7 N–H and O–H groups in total. The summed E-state index contributed by atoms with van der Waals surface area (Å²) < 4.78 is 21.1. The predicted octanol–water partition coefficient (Wildman–Crippen LogP) is -0.519. The fourth-order valence-electron chi connectivity index (χ4n) is 4.94. The van der Waals surface area contributed by atoms with Gasteiger partial charge in [-0.25, -0.2) is 9.59 Å². The number of nitrogens with one attached hydrogen (secondary N) is 5. The molecular formula is C33H57N5O13. The third-order valence-electron chi connectivity index (χ3n) is 7.79. The molecule has 2 unspecified atom stereocenters. The van der Waals surface area contributed by atoms with Crippen molar-refractivity contribution in [3.63, 3.8) is 0 Å². The third kappa shape index (κ3) is 24.0. The van der Waals surface area contributed by atoms with E-state index in [9.17, 15) is 43.8 Å². The van der Waals surface area contributed by atoms with Crippen molar-refractivity contribution in [2.45, 2.75) is 89.6 Å². The van der Waals surface area contributed by atoms with E-state index < -0.39 is 29.9 Å². The zero-order valence-corrected chi connectivity index (χ0v) is 29.7. The van der Waals surface area contributed by atoms with E-state index in [-0.39, 0.29) is 115 Å². The van der Waals surface area contributed by atoms with Crippen LogP contribution in [0.3, 0.4) is 0 Å². The largest absolute Gasteiger partial charge is 0.480 e. The highest BCUT2D eigenvalue weighted by molar-refractivity contribution is 5.86. The molecule has 51 heavy (non-hydrogen) atoms. The molecule has 1 aliphatic carbocycles. The predicted molar refractivity (Wildman–Crippen MR) is 181 cm³/mol. The molecular weight excluding hydrogens is 674 g/mol. The van der Waals surface area contributed by atoms with Crippen LogP contribution in [0.4, 0.5) is 0 Å². The molecule has 1 rings (SSSR count). The molecule has 0 aromatic carbocycles. The second-order valence-electron chi connectivity index (χ2n) is 12.0. The Bertz CT molecular complexity index is 1070. The number of rotatable bonds is 30. The molecule has 18 nitrogen and oxygen atoms in total. The van der Waals surface area contributed by atoms with Gasteiger partial charge < -0.3 is 55.7 Å². The molecule has 18 heteroatoms. The molecule has 1 fully saturated rings. The second kappa shape index (κ2) is 28.8. The van der Waals surface area contributed by atoms with Crippen molar-refractivity contribution in [2.75, 3.05) is 72.5 Å². The van der Waals surface area contributed by atoms with Crippen LogP contribution in [0.2, 0.25) is 0 Å². The van der Waals surface area contributed by atoms with Crippen molar-refractivity contribution in [1.82, 2.24) is 26.6 Å². The summed E-state index contributed by atoms with van der Waals surface area (Å²) in [5.74, 6) is -4.10. The van der Waals surface area contributed by atoms with Gasteiger partial charge in [0.1, 0.15) is 25.3 Å². The summed E-state index contributed by atoms with van der Waals surface area (Å²) in [4.78, 5) is 82.4. The SMILES string of the molecule is CCC(=O)NCCCCC(NC(=O)COCCOCCNC(=O)COCCOCCNC(=O)CCC(NC(=O)C1CCCCC1)C(=O)O)C(=O)O. The van der Waals surface area contributed by atoms with Gasteiger partial charge in [-0.05, 0) is 38.5 Å². The Kier molecular flexibility index (Phi) is 25.5. The molecule has 0 aromatic heterocycles. The van der Waals surface area contributed by atoms with E-state index in [2.05, 4.69) is 26.6 Å². The van der Waals surface area contributed by atoms with Crippen LogP contribution in [-0.2, 0) is 52.5 Å². The fourth-order valence-corrected chi connectivity index (χ4v) is 4.94. The maximum absolute atomic E-state index is 12.3. The quantitative estimate of drug-likeness (QED) is 0.0460. The van der Waals surface area contributed by atoms with Crippen LogP contribution in [0.1, 0.15) is 77.6 Å². The van der Waals surface area contributed by atoms with E-state index >= 15 is 0 Å². The molecule has 0 spiro atoms. The van der Waals surface area contributed by atoms with Crippen LogP contribution in [0.5, 0.6) is 0 Å². The standard InChI is InChI=1S/C33H57N5O13/c1-2-27(39)34-13-7-6-10-25(32(44)45)37-30(42)23-51-21-19-49-17-15-36-29(41)22-50-20-18-48-16-14-35-28(40)12-11-26(33(46)47)38-31(43)24-8-4-3-5-9-24/h24-26H,2-23H2,1H3,(H,34,39)(H,35,40)(H,36,41)(H,37,42)(H,38,43)(H,44,45)(H,46,47). The maximum Gasteiger partial charge on any atom is 0.326 e. The summed E-state index contributed by atoms with van der Waals surface area (Å²) >= 11 is 0. The maximum atomic E-state index is 12.3. The van der Waals surface area contributed by atoms with Crippen LogP contribution in [0, 0.1) is 5.92 Å². The van der Waals surface area contributed by atoms with Crippen LogP contribution < -0.4 is 26.6 Å². The number of ether oxygens (including phenoxy) is 4. The third-order valence-corrected chi connectivity index (χ3v) is 7.79. The highest BCUT2D eigenvalue weighted by Crippen LogP contribution is 2.23. The Morgan fingerprint density at radius 1 is 0.588 bits per heavy atom. The van der Waals surface area contributed by atoms with Gasteiger partial charge >= 0.3 is 11.9 Å². The summed E-state index contributed by atoms with van der Waals surface area (Å²) in [7, 11) is 0. The molecule has 0 aromatic rings. The molecule has 292 valence electrons. The fraction of sp³-hybridized carbons (Fsp3) is 0.788. The zero-order chi connectivity index (χ0) is 37.7. The molecule has 1 aliphatic rings. The monoisotopic (exact) mass is 731 g/mol. The van der Waals surface area contributed by atoms with E-state index in [0.717, 1.165) is 32.1 Å². The topological polar surface area (TPSA) is 257 Å². The first kappa shape index (κ1) is 45.2. The number of amides is 5. The Labute approximate surface area is 298 Å². The molecule has 5 amide bonds. The van der Waals surface area contributed by atoms with Crippen molar-refractivity contribution in [3.05, 3.63) is 0 Å². The average Bonchev–Trinajstić information content (AvgIpc) is 3.11. The van der Waals surface area contributed by atoms with E-state index in [1.54, 1.807) is 6.92 Å². The van der Waals surface area contributed by atoms with Crippen LogP contribution >= 0.6 is 0 Å². The smallest absolute Gasteiger partial charge is 0.326 e. The number of unbranched alkanes of at least 4 members (excludes halogenated alkanes) is 1. The van der Waals surface area contributed by atoms with Crippen LogP contribution in [0.25, 0.3) is 0 Å². The first-order valence-electron chi connectivity index (χ1n) is 17.7. The lowest BCUT2D eigenvalue weighted by Gasteiger charge is -2.23. The lowest BCUT2D eigenvalue weighted by molar-refractivity contribution is -0.143. The number of hydrogen-bond acceptors (Lipinski definition) is 11. The minimum absolute atomic E-state index is 0.0132. The molecule has 0 radical (unpaired) electrons. The Morgan fingerprint density at radius 3 is 1.71 bits per heavy atom. The van der Waals surface area contributed by atoms with Crippen molar-refractivity contribution >= 4 is 41.5 Å². The van der Waals surface area contributed by atoms with E-state index in [1.165, 1.54) is 0 Å². The Morgan fingerprint density at radius 2 is 1.12 bits per heavy atom. The summed E-state index contributed by atoms with van der Waals surface area (Å²) in [5.41, 5.74) is 0. The van der Waals surface area contributed by atoms with Crippen molar-refractivity contribution in [2.24, 2.45) is 5.92 Å². The Hall–Kier alpha value is -3.87. The van der Waals surface area contributed by atoms with Gasteiger partial charge in [-0.2, -0.15) is 0 Å². The number of carbonyl (C=O) groups excluding carboxylic acids is 5. The molecule has 0 saturated heterocycles. The average molecular weight is 732 g/mol. The molecule has 1 saturated carbocycles. The van der Waals surface area contributed by atoms with Crippen molar-refractivity contribution < 1.29 is 62.7 Å². The minimum atomic E-state index is -1.17. The van der Waals surface area contributed by atoms with Gasteiger partial charge in [0.15, 0.2) is 0 Å². The zero-order valence-electron chi connectivity index (χ0n) is 29.7. The summed E-state index contributed by atoms with van der Waals surface area (Å²) in [6.07, 6.45) is 6.15. The number of aliphatic carboxylic acids is 2. The first-order valence-corrected chi connectivity index (χ1v) is 17.7. The van der Waals surface area contributed by atoms with Crippen LogP contribution in [0.15, 0.2) is 0 Å².